The van der Waals surface area contributed by atoms with Crippen molar-refractivity contribution in [3.8, 4) is 11.1 Å². The lowest BCUT2D eigenvalue weighted by atomic mass is 9.84. The third-order valence-corrected chi connectivity index (χ3v) is 6.32. The number of H-pyrrole nitrogens is 1. The molecular formula is C27H22N4O. The molecule has 0 fully saturated rings. The quantitative estimate of drug-likeness (QED) is 0.404. The van der Waals surface area contributed by atoms with Crippen LogP contribution in [0.2, 0.25) is 0 Å². The van der Waals surface area contributed by atoms with E-state index in [0.29, 0.717) is 5.69 Å². The summed E-state index contributed by atoms with van der Waals surface area (Å²) in [6, 6.07) is 26.4. The summed E-state index contributed by atoms with van der Waals surface area (Å²) >= 11 is 0. The van der Waals surface area contributed by atoms with Gasteiger partial charge in [0.15, 0.2) is 0 Å². The van der Waals surface area contributed by atoms with E-state index >= 15 is 0 Å². The summed E-state index contributed by atoms with van der Waals surface area (Å²) in [5.74, 6) is -0.0645. The number of fused-ring (bicyclic) bond motifs is 4. The third kappa shape index (κ3) is 2.64. The first-order valence-electron chi connectivity index (χ1n) is 10.7. The molecule has 0 saturated carbocycles. The van der Waals surface area contributed by atoms with E-state index in [9.17, 15) is 4.79 Å². The summed E-state index contributed by atoms with van der Waals surface area (Å²) in [6.45, 7) is 1.91. The second-order valence-corrected chi connectivity index (χ2v) is 8.27. The predicted molar refractivity (Wildman–Crippen MR) is 127 cm³/mol. The van der Waals surface area contributed by atoms with Crippen molar-refractivity contribution in [2.75, 3.05) is 4.90 Å². The van der Waals surface area contributed by atoms with Crippen LogP contribution in [0.25, 0.3) is 22.0 Å². The number of amides is 1. The molecule has 1 amide bonds. The first-order chi connectivity index (χ1) is 15.6. The minimum absolute atomic E-state index is 0.0645. The molecule has 0 spiro atoms. The van der Waals surface area contributed by atoms with Gasteiger partial charge in [-0.2, -0.15) is 5.10 Å². The van der Waals surface area contributed by atoms with Gasteiger partial charge < -0.3 is 4.98 Å². The Morgan fingerprint density at radius 1 is 0.906 bits per heavy atom. The molecule has 0 bridgehead atoms. The van der Waals surface area contributed by atoms with Crippen molar-refractivity contribution in [2.45, 2.75) is 13.0 Å². The molecule has 5 aromatic rings. The van der Waals surface area contributed by atoms with Crippen molar-refractivity contribution < 1.29 is 4.79 Å². The fourth-order valence-electron chi connectivity index (χ4n) is 4.96. The van der Waals surface area contributed by atoms with Gasteiger partial charge in [0.25, 0.3) is 5.91 Å². The van der Waals surface area contributed by atoms with E-state index in [-0.39, 0.29) is 11.9 Å². The number of aromatic amines is 1. The van der Waals surface area contributed by atoms with Crippen LogP contribution in [-0.2, 0) is 7.05 Å². The van der Waals surface area contributed by atoms with E-state index in [1.165, 1.54) is 0 Å². The molecule has 0 radical (unpaired) electrons. The van der Waals surface area contributed by atoms with Crippen LogP contribution in [0.1, 0.15) is 33.4 Å². The number of carbonyl (C=O) groups is 1. The number of carbonyl (C=O) groups excluding carboxylic acids is 1. The second kappa shape index (κ2) is 6.95. The Labute approximate surface area is 185 Å². The molecule has 1 aliphatic rings. The topological polar surface area (TPSA) is 53.9 Å². The van der Waals surface area contributed by atoms with Gasteiger partial charge in [-0.25, -0.2) is 0 Å². The summed E-state index contributed by atoms with van der Waals surface area (Å²) in [7, 11) is 1.82. The maximum absolute atomic E-state index is 14.1. The summed E-state index contributed by atoms with van der Waals surface area (Å²) in [4.78, 5) is 19.4. The van der Waals surface area contributed by atoms with Gasteiger partial charge in [0.2, 0.25) is 0 Å². The first-order valence-corrected chi connectivity index (χ1v) is 10.7. The van der Waals surface area contributed by atoms with Gasteiger partial charge in [0.05, 0.1) is 17.4 Å². The number of hydrogen-bond donors (Lipinski definition) is 1. The van der Waals surface area contributed by atoms with E-state index in [1.807, 2.05) is 67.5 Å². The molecule has 1 N–H and O–H groups in total. The lowest BCUT2D eigenvalue weighted by molar-refractivity contribution is 0.0971. The molecule has 3 heterocycles. The van der Waals surface area contributed by atoms with Crippen LogP contribution in [0.15, 0.2) is 85.1 Å². The number of rotatable bonds is 2. The smallest absolute Gasteiger partial charge is 0.277 e. The molecule has 156 valence electrons. The monoisotopic (exact) mass is 418 g/mol. The zero-order valence-electron chi connectivity index (χ0n) is 17.9. The Morgan fingerprint density at radius 2 is 1.62 bits per heavy atom. The van der Waals surface area contributed by atoms with E-state index in [1.54, 1.807) is 4.68 Å². The number of nitrogens with one attached hydrogen (secondary N) is 1. The van der Waals surface area contributed by atoms with Crippen molar-refractivity contribution in [3.63, 3.8) is 0 Å². The standard InChI is InChI=1S/C27H22N4O/c1-17-15-25(30(2)29-17)27(32)31-24-14-8-6-11-20(24)18-9-3-4-12-21(18)26(31)22-16-28-23-13-7-5-10-19(22)23/h3-16,26,28H,1-2H3. The lowest BCUT2D eigenvalue weighted by Gasteiger charge is -2.38. The van der Waals surface area contributed by atoms with Gasteiger partial charge in [0, 0.05) is 35.3 Å². The highest BCUT2D eigenvalue weighted by Crippen LogP contribution is 2.48. The first kappa shape index (κ1) is 18.6. The van der Waals surface area contributed by atoms with Crippen LogP contribution < -0.4 is 4.90 Å². The second-order valence-electron chi connectivity index (χ2n) is 8.27. The molecule has 32 heavy (non-hydrogen) atoms. The van der Waals surface area contributed by atoms with Crippen LogP contribution in [0, 0.1) is 6.92 Å². The highest BCUT2D eigenvalue weighted by molar-refractivity contribution is 6.10. The fraction of sp³-hybridized carbons (Fsp3) is 0.111. The van der Waals surface area contributed by atoms with E-state index in [4.69, 9.17) is 0 Å². The van der Waals surface area contributed by atoms with Crippen LogP contribution in [0.5, 0.6) is 0 Å². The molecule has 0 aliphatic carbocycles. The number of nitrogens with zero attached hydrogens (tertiary/aromatic N) is 3. The fourth-order valence-corrected chi connectivity index (χ4v) is 4.96. The molecule has 3 aromatic carbocycles. The van der Waals surface area contributed by atoms with E-state index in [2.05, 4.69) is 46.5 Å². The Kier molecular flexibility index (Phi) is 4.05. The number of para-hydroxylation sites is 2. The van der Waals surface area contributed by atoms with E-state index < -0.39 is 0 Å². The molecule has 1 unspecified atom stereocenters. The SMILES string of the molecule is Cc1cc(C(=O)N2c3ccccc3-c3ccccc3C2c2c[nH]c3ccccc23)n(C)n1. The Bertz CT molecular complexity index is 1490. The van der Waals surface area contributed by atoms with Gasteiger partial charge >= 0.3 is 0 Å². The third-order valence-electron chi connectivity index (χ3n) is 6.32. The molecule has 1 aliphatic heterocycles. The molecular weight excluding hydrogens is 396 g/mol. The average molecular weight is 419 g/mol. The maximum Gasteiger partial charge on any atom is 0.277 e. The Morgan fingerprint density at radius 3 is 2.44 bits per heavy atom. The van der Waals surface area contributed by atoms with Crippen molar-refractivity contribution in [2.24, 2.45) is 7.05 Å². The minimum Gasteiger partial charge on any atom is -0.361 e. The zero-order valence-corrected chi connectivity index (χ0v) is 17.9. The van der Waals surface area contributed by atoms with Gasteiger partial charge in [-0.3, -0.25) is 14.4 Å². The Balaban J connectivity index is 1.66. The van der Waals surface area contributed by atoms with E-state index in [0.717, 1.165) is 44.5 Å². The summed E-state index contributed by atoms with van der Waals surface area (Å²) in [5.41, 5.74) is 7.77. The molecule has 6 rings (SSSR count). The number of hydrogen-bond acceptors (Lipinski definition) is 2. The number of anilines is 1. The molecule has 2 aromatic heterocycles. The van der Waals surface area contributed by atoms with Crippen LogP contribution in [0.4, 0.5) is 5.69 Å². The van der Waals surface area contributed by atoms with Gasteiger partial charge in [-0.15, -0.1) is 0 Å². The summed E-state index contributed by atoms with van der Waals surface area (Å²) in [6.07, 6.45) is 2.04. The van der Waals surface area contributed by atoms with Gasteiger partial charge in [-0.05, 0) is 36.2 Å². The van der Waals surface area contributed by atoms with Crippen LogP contribution >= 0.6 is 0 Å². The van der Waals surface area contributed by atoms with Crippen molar-refractivity contribution in [1.29, 1.82) is 0 Å². The predicted octanol–water partition coefficient (Wildman–Crippen LogP) is 5.63. The number of aromatic nitrogens is 3. The highest BCUT2D eigenvalue weighted by atomic mass is 16.2. The Hall–Kier alpha value is -4.12. The lowest BCUT2D eigenvalue weighted by Crippen LogP contribution is -2.39. The van der Waals surface area contributed by atoms with Crippen molar-refractivity contribution >= 4 is 22.5 Å². The largest absolute Gasteiger partial charge is 0.361 e. The van der Waals surface area contributed by atoms with Crippen LogP contribution in [-0.4, -0.2) is 20.7 Å². The maximum atomic E-state index is 14.1. The van der Waals surface area contributed by atoms with Crippen molar-refractivity contribution in [1.82, 2.24) is 14.8 Å². The van der Waals surface area contributed by atoms with Crippen LogP contribution in [0.3, 0.4) is 0 Å². The normalized spacial score (nSPS) is 14.9. The summed E-state index contributed by atoms with van der Waals surface area (Å²) < 4.78 is 1.67. The molecule has 0 saturated heterocycles. The zero-order chi connectivity index (χ0) is 21.8. The van der Waals surface area contributed by atoms with Crippen molar-refractivity contribution in [3.05, 3.63) is 108 Å². The summed E-state index contributed by atoms with van der Waals surface area (Å²) in [5, 5.41) is 5.54. The molecule has 5 nitrogen and oxygen atoms in total. The van der Waals surface area contributed by atoms with Gasteiger partial charge in [-0.1, -0.05) is 60.7 Å². The minimum atomic E-state index is -0.264. The number of benzene rings is 3. The molecule has 1 atom stereocenters. The highest BCUT2D eigenvalue weighted by Gasteiger charge is 2.38. The average Bonchev–Trinajstić information content (AvgIpc) is 3.40. The van der Waals surface area contributed by atoms with Gasteiger partial charge in [0.1, 0.15) is 5.69 Å². The molecule has 5 heteroatoms. The number of aryl methyl sites for hydroxylation is 2.